The number of alkyl halides is 3. The summed E-state index contributed by atoms with van der Waals surface area (Å²) in [4.78, 5) is 23.2. The minimum Gasteiger partial charge on any atom is -0.398 e. The molecule has 0 N–H and O–H groups in total. The second-order valence-electron chi connectivity index (χ2n) is 3.63. The number of ketones is 1. The first-order valence-corrected chi connectivity index (χ1v) is 4.84. The van der Waals surface area contributed by atoms with E-state index in [4.69, 9.17) is 0 Å². The Labute approximate surface area is 100 Å². The molecule has 0 aromatic carbocycles. The van der Waals surface area contributed by atoms with Gasteiger partial charge in [0.15, 0.2) is 0 Å². The number of hydrogen-bond acceptors (Lipinski definition) is 5. The normalized spacial score (nSPS) is 25.4. The van der Waals surface area contributed by atoms with Gasteiger partial charge in [-0.05, 0) is 13.8 Å². The molecule has 0 aromatic rings. The maximum atomic E-state index is 12.1. The topological polar surface area (TPSA) is 61.8 Å². The Kier molecular flexibility index (Phi) is 3.82. The molecule has 1 atom stereocenters. The zero-order valence-electron chi connectivity index (χ0n) is 9.88. The lowest BCUT2D eigenvalue weighted by atomic mass is 10.0. The summed E-state index contributed by atoms with van der Waals surface area (Å²) in [5, 5.41) is 0. The van der Waals surface area contributed by atoms with Gasteiger partial charge in [-0.25, -0.2) is 4.79 Å². The molecule has 1 unspecified atom stereocenters. The molecule has 0 fully saturated rings. The smallest absolute Gasteiger partial charge is 0.398 e. The van der Waals surface area contributed by atoms with E-state index in [-0.39, 0.29) is 11.1 Å². The van der Waals surface area contributed by atoms with E-state index in [1.54, 1.807) is 0 Å². The number of cyclic esters (lactones) is 1. The van der Waals surface area contributed by atoms with Crippen molar-refractivity contribution < 1.29 is 37.0 Å². The maximum absolute atomic E-state index is 12.1. The molecule has 0 aromatic heterocycles. The molecule has 8 heteroatoms. The van der Waals surface area contributed by atoms with Crippen LogP contribution in [0.2, 0.25) is 0 Å². The van der Waals surface area contributed by atoms with Crippen molar-refractivity contribution in [3.63, 3.8) is 0 Å². The third-order valence-electron chi connectivity index (χ3n) is 2.41. The van der Waals surface area contributed by atoms with E-state index in [2.05, 4.69) is 14.2 Å². The number of halogens is 3. The first kappa shape index (κ1) is 14.7. The Balaban J connectivity index is 3.03. The van der Waals surface area contributed by atoms with Gasteiger partial charge in [0, 0.05) is 18.3 Å². The summed E-state index contributed by atoms with van der Waals surface area (Å²) >= 11 is 0. The maximum Gasteiger partial charge on any atom is 0.412 e. The van der Waals surface area contributed by atoms with Crippen LogP contribution in [0.5, 0.6) is 0 Å². The van der Waals surface area contributed by atoms with Gasteiger partial charge in [-0.3, -0.25) is 4.79 Å². The van der Waals surface area contributed by atoms with Crippen LogP contribution in [0.25, 0.3) is 0 Å². The molecule has 0 saturated heterocycles. The van der Waals surface area contributed by atoms with Crippen molar-refractivity contribution in [1.82, 2.24) is 0 Å². The minimum atomic E-state index is -4.68. The molecule has 0 amide bonds. The predicted molar refractivity (Wildman–Crippen MR) is 51.2 cm³/mol. The zero-order valence-corrected chi connectivity index (χ0v) is 9.88. The Morgan fingerprint density at radius 1 is 1.22 bits per heavy atom. The molecule has 1 heterocycles. The van der Waals surface area contributed by atoms with Gasteiger partial charge < -0.3 is 14.2 Å². The lowest BCUT2D eigenvalue weighted by molar-refractivity contribution is -0.349. The summed E-state index contributed by atoms with van der Waals surface area (Å²) < 4.78 is 49.6. The van der Waals surface area contributed by atoms with Crippen LogP contribution in [-0.2, 0) is 23.8 Å². The molecule has 0 aliphatic carbocycles. The van der Waals surface area contributed by atoms with Gasteiger partial charge in [-0.2, -0.15) is 13.2 Å². The second kappa shape index (κ2) is 4.69. The number of rotatable bonds is 3. The Morgan fingerprint density at radius 2 is 1.78 bits per heavy atom. The molecule has 1 rings (SSSR count). The van der Waals surface area contributed by atoms with Crippen molar-refractivity contribution in [2.45, 2.75) is 26.0 Å². The summed E-state index contributed by atoms with van der Waals surface area (Å²) in [7, 11) is 0.912. The highest BCUT2D eigenvalue weighted by Gasteiger charge is 2.51. The number of ether oxygens (including phenoxy) is 3. The fourth-order valence-electron chi connectivity index (χ4n) is 1.26. The number of methoxy groups -OCH3 is 1. The van der Waals surface area contributed by atoms with Crippen LogP contribution in [-0.4, -0.2) is 37.6 Å². The van der Waals surface area contributed by atoms with Crippen LogP contribution < -0.4 is 0 Å². The van der Waals surface area contributed by atoms with Gasteiger partial charge in [0.1, 0.15) is 6.61 Å². The fraction of sp³-hybridized carbons (Fsp3) is 0.600. The highest BCUT2D eigenvalue weighted by atomic mass is 19.4. The van der Waals surface area contributed by atoms with Gasteiger partial charge in [0.05, 0.1) is 0 Å². The number of esters is 1. The van der Waals surface area contributed by atoms with Gasteiger partial charge in [0.25, 0.3) is 5.78 Å². The number of carbonyl (C=O) groups is 2. The van der Waals surface area contributed by atoms with Gasteiger partial charge in [0.2, 0.25) is 0 Å². The van der Waals surface area contributed by atoms with Crippen molar-refractivity contribution in [1.29, 1.82) is 0 Å². The van der Waals surface area contributed by atoms with Crippen molar-refractivity contribution in [3.05, 3.63) is 11.1 Å². The van der Waals surface area contributed by atoms with Crippen LogP contribution in [0, 0.1) is 0 Å². The Morgan fingerprint density at radius 3 is 2.22 bits per heavy atom. The third kappa shape index (κ3) is 2.70. The Hall–Kier alpha value is -1.41. The molecule has 1 aliphatic heterocycles. The van der Waals surface area contributed by atoms with Crippen molar-refractivity contribution in [3.8, 4) is 0 Å². The summed E-state index contributed by atoms with van der Waals surface area (Å²) in [5.41, 5.74) is -0.0569. The molecule has 5 nitrogen and oxygen atoms in total. The van der Waals surface area contributed by atoms with Gasteiger partial charge in [-0.15, -0.1) is 0 Å². The molecular formula is C10H11F3O5. The van der Waals surface area contributed by atoms with Crippen LogP contribution in [0.3, 0.4) is 0 Å². The van der Waals surface area contributed by atoms with E-state index < -0.39 is 30.5 Å². The van der Waals surface area contributed by atoms with E-state index in [0.29, 0.717) is 0 Å². The van der Waals surface area contributed by atoms with Crippen molar-refractivity contribution >= 4 is 11.8 Å². The first-order chi connectivity index (χ1) is 8.13. The fourth-order valence-corrected chi connectivity index (χ4v) is 1.26. The van der Waals surface area contributed by atoms with E-state index in [1.807, 2.05) is 0 Å². The molecular weight excluding hydrogens is 257 g/mol. The van der Waals surface area contributed by atoms with E-state index in [9.17, 15) is 22.8 Å². The SMILES string of the molecule is COC1(OCC(F)(F)F)OC(=O)C(C)=C(C)C1=O. The van der Waals surface area contributed by atoms with Crippen LogP contribution >= 0.6 is 0 Å². The quantitative estimate of drug-likeness (QED) is 0.570. The largest absolute Gasteiger partial charge is 0.412 e. The highest BCUT2D eigenvalue weighted by Crippen LogP contribution is 2.30. The average Bonchev–Trinajstić information content (AvgIpc) is 2.29. The lowest BCUT2D eigenvalue weighted by Gasteiger charge is -2.33. The number of carbonyl (C=O) groups excluding carboxylic acids is 2. The summed E-state index contributed by atoms with van der Waals surface area (Å²) in [6.07, 6.45) is -4.68. The highest BCUT2D eigenvalue weighted by molar-refractivity contribution is 6.10. The monoisotopic (exact) mass is 268 g/mol. The third-order valence-corrected chi connectivity index (χ3v) is 2.41. The molecule has 0 radical (unpaired) electrons. The Bertz CT molecular complexity index is 412. The zero-order chi connectivity index (χ0) is 14.1. The molecule has 0 spiro atoms. The molecule has 18 heavy (non-hydrogen) atoms. The second-order valence-corrected chi connectivity index (χ2v) is 3.63. The van der Waals surface area contributed by atoms with Crippen molar-refractivity contribution in [2.75, 3.05) is 13.7 Å². The molecule has 0 saturated carbocycles. The van der Waals surface area contributed by atoms with E-state index >= 15 is 0 Å². The van der Waals surface area contributed by atoms with Gasteiger partial charge >= 0.3 is 18.1 Å². The van der Waals surface area contributed by atoms with Crippen LogP contribution in [0.1, 0.15) is 13.8 Å². The minimum absolute atomic E-state index is 0.00304. The predicted octanol–water partition coefficient (Wildman–Crippen LogP) is 1.33. The standard InChI is InChI=1S/C10H11F3O5/c1-5-6(2)8(15)18-10(16-3,7(5)14)17-4-9(11,12)13/h4H2,1-3H3. The van der Waals surface area contributed by atoms with E-state index in [1.165, 1.54) is 13.8 Å². The number of hydrogen-bond donors (Lipinski definition) is 0. The van der Waals surface area contributed by atoms with Crippen molar-refractivity contribution in [2.24, 2.45) is 0 Å². The lowest BCUT2D eigenvalue weighted by Crippen LogP contribution is -2.52. The van der Waals surface area contributed by atoms with Crippen LogP contribution in [0.4, 0.5) is 13.2 Å². The van der Waals surface area contributed by atoms with Gasteiger partial charge in [-0.1, -0.05) is 0 Å². The van der Waals surface area contributed by atoms with E-state index in [0.717, 1.165) is 7.11 Å². The summed E-state index contributed by atoms with van der Waals surface area (Å²) in [6.45, 7) is 0.827. The first-order valence-electron chi connectivity index (χ1n) is 4.84. The number of Topliss-reactive ketones (excluding diaryl/α,β-unsaturated/α-hetero) is 1. The summed E-state index contributed by atoms with van der Waals surface area (Å²) in [6, 6.07) is 0. The molecule has 0 bridgehead atoms. The summed E-state index contributed by atoms with van der Waals surface area (Å²) in [5.74, 6) is -4.58. The molecule has 102 valence electrons. The average molecular weight is 268 g/mol. The molecule has 1 aliphatic rings. The van der Waals surface area contributed by atoms with Crippen LogP contribution in [0.15, 0.2) is 11.1 Å².